The molecule has 0 aromatic rings. The van der Waals surface area contributed by atoms with Crippen molar-refractivity contribution in [2.24, 2.45) is 5.92 Å². The predicted molar refractivity (Wildman–Crippen MR) is 36.8 cm³/mol. The van der Waals surface area contributed by atoms with Crippen LogP contribution in [0.3, 0.4) is 0 Å². The monoisotopic (exact) mass is 239 g/mol. The fourth-order valence-corrected chi connectivity index (χ4v) is 1.01. The van der Waals surface area contributed by atoms with Gasteiger partial charge in [0.05, 0.1) is 11.8 Å². The van der Waals surface area contributed by atoms with Crippen LogP contribution in [0.25, 0.3) is 5.32 Å². The molecule has 0 spiro atoms. The standard InChI is InChI=1S/C7H9NO3.Rb/c1-4(9)5-2-6(10)8-7(11)3-5;/h5H,2-3H2,1H3,(H,8,10,11);/q;+1/p-1. The van der Waals surface area contributed by atoms with Crippen LogP contribution in [-0.2, 0) is 14.4 Å². The van der Waals surface area contributed by atoms with E-state index < -0.39 is 17.7 Å². The van der Waals surface area contributed by atoms with Crippen molar-refractivity contribution in [2.45, 2.75) is 19.8 Å². The number of hydrogen-bond acceptors (Lipinski definition) is 3. The van der Waals surface area contributed by atoms with Crippen LogP contribution in [0.4, 0.5) is 0 Å². The minimum absolute atomic E-state index is 0. The van der Waals surface area contributed by atoms with Crippen LogP contribution in [0.1, 0.15) is 19.8 Å². The van der Waals surface area contributed by atoms with E-state index in [1.165, 1.54) is 6.92 Å². The normalized spacial score (nSPS) is 18.1. The zero-order valence-electron chi connectivity index (χ0n) is 7.16. The van der Waals surface area contributed by atoms with Gasteiger partial charge in [-0.3, -0.25) is 4.79 Å². The molecule has 1 aliphatic heterocycles. The van der Waals surface area contributed by atoms with Gasteiger partial charge in [-0.05, 0) is 19.8 Å². The third-order valence-electron chi connectivity index (χ3n) is 1.67. The van der Waals surface area contributed by atoms with Gasteiger partial charge in [0.15, 0.2) is 0 Å². The summed E-state index contributed by atoms with van der Waals surface area (Å²) in [5.41, 5.74) is 0. The van der Waals surface area contributed by atoms with Gasteiger partial charge in [-0.1, -0.05) is 0 Å². The molecule has 0 aromatic carbocycles. The van der Waals surface area contributed by atoms with Crippen LogP contribution in [0, 0.1) is 5.92 Å². The van der Waals surface area contributed by atoms with Crippen LogP contribution >= 0.6 is 0 Å². The van der Waals surface area contributed by atoms with Gasteiger partial charge in [-0.15, -0.1) is 0 Å². The average Bonchev–Trinajstić information content (AvgIpc) is 1.85. The molecule has 1 rings (SSSR count). The molecule has 1 saturated heterocycles. The first-order valence-electron chi connectivity index (χ1n) is 3.37. The first-order valence-corrected chi connectivity index (χ1v) is 3.37. The second-order valence-electron chi connectivity index (χ2n) is 2.62. The van der Waals surface area contributed by atoms with Gasteiger partial charge in [-0.25, -0.2) is 0 Å². The van der Waals surface area contributed by atoms with Crippen LogP contribution in [0.5, 0.6) is 0 Å². The number of nitrogens with zero attached hydrogens (tertiary/aromatic N) is 1. The molecule has 0 unspecified atom stereocenters. The van der Waals surface area contributed by atoms with E-state index in [1.54, 1.807) is 0 Å². The van der Waals surface area contributed by atoms with Crippen molar-refractivity contribution in [3.63, 3.8) is 0 Å². The van der Waals surface area contributed by atoms with E-state index in [0.717, 1.165) is 0 Å². The molecule has 0 aliphatic carbocycles. The first-order chi connectivity index (χ1) is 5.09. The summed E-state index contributed by atoms with van der Waals surface area (Å²) < 4.78 is 0. The molecule has 12 heavy (non-hydrogen) atoms. The number of carbonyl (C=O) groups excluding carboxylic acids is 3. The van der Waals surface area contributed by atoms with E-state index in [-0.39, 0.29) is 76.8 Å². The van der Waals surface area contributed by atoms with Crippen molar-refractivity contribution in [1.29, 1.82) is 0 Å². The first kappa shape index (κ1) is 12.6. The van der Waals surface area contributed by atoms with Gasteiger partial charge < -0.3 is 14.9 Å². The van der Waals surface area contributed by atoms with E-state index in [9.17, 15) is 14.4 Å². The number of carbonyl (C=O) groups is 3. The molecule has 60 valence electrons. The van der Waals surface area contributed by atoms with Crippen molar-refractivity contribution < 1.29 is 72.6 Å². The molecule has 2 amide bonds. The van der Waals surface area contributed by atoms with Gasteiger partial charge in [0.2, 0.25) is 0 Å². The van der Waals surface area contributed by atoms with Gasteiger partial charge in [-0.2, -0.15) is 0 Å². The van der Waals surface area contributed by atoms with Gasteiger partial charge in [0.25, 0.3) is 0 Å². The Morgan fingerprint density at radius 1 is 1.33 bits per heavy atom. The summed E-state index contributed by atoms with van der Waals surface area (Å²) in [6, 6.07) is 0. The summed E-state index contributed by atoms with van der Waals surface area (Å²) in [4.78, 5) is 32.0. The third kappa shape index (κ3) is 3.55. The molecule has 1 aliphatic rings. The molecule has 1 fully saturated rings. The number of amides is 2. The van der Waals surface area contributed by atoms with Crippen molar-refractivity contribution >= 4 is 17.6 Å². The number of piperidine rings is 1. The number of Topliss-reactive ketones (excluding diaryl/α,β-unsaturated/α-hetero) is 1. The molecule has 0 radical (unpaired) electrons. The van der Waals surface area contributed by atoms with E-state index >= 15 is 0 Å². The van der Waals surface area contributed by atoms with Crippen LogP contribution in [0.2, 0.25) is 0 Å². The van der Waals surface area contributed by atoms with Gasteiger partial charge >= 0.3 is 58.2 Å². The Bertz CT molecular complexity index is 211. The van der Waals surface area contributed by atoms with Crippen LogP contribution in [-0.4, -0.2) is 17.6 Å². The fourth-order valence-electron chi connectivity index (χ4n) is 1.01. The number of ketones is 1. The Morgan fingerprint density at radius 2 is 1.75 bits per heavy atom. The SMILES string of the molecule is CC(=O)C1CC(=O)[N-]C(=O)C1.[Rb+]. The van der Waals surface area contributed by atoms with Crippen LogP contribution in [0.15, 0.2) is 0 Å². The fraction of sp³-hybridized carbons (Fsp3) is 0.571. The van der Waals surface area contributed by atoms with Crippen molar-refractivity contribution in [2.75, 3.05) is 0 Å². The number of rotatable bonds is 1. The molecular weight excluding hydrogens is 232 g/mol. The van der Waals surface area contributed by atoms with Crippen molar-refractivity contribution in [3.8, 4) is 0 Å². The average molecular weight is 240 g/mol. The minimum atomic E-state index is -0.471. The summed E-state index contributed by atoms with van der Waals surface area (Å²) >= 11 is 0. The Kier molecular flexibility index (Phi) is 5.64. The van der Waals surface area contributed by atoms with E-state index in [2.05, 4.69) is 5.32 Å². The van der Waals surface area contributed by atoms with Crippen LogP contribution < -0.4 is 58.2 Å². The zero-order chi connectivity index (χ0) is 8.43. The topological polar surface area (TPSA) is 65.3 Å². The van der Waals surface area contributed by atoms with E-state index in [1.807, 2.05) is 0 Å². The maximum Gasteiger partial charge on any atom is 1.00 e. The van der Waals surface area contributed by atoms with E-state index in [4.69, 9.17) is 0 Å². The molecule has 0 aromatic heterocycles. The summed E-state index contributed by atoms with van der Waals surface area (Å²) in [7, 11) is 0. The van der Waals surface area contributed by atoms with Crippen molar-refractivity contribution in [1.82, 2.24) is 0 Å². The second-order valence-corrected chi connectivity index (χ2v) is 2.62. The molecule has 0 N–H and O–H groups in total. The Hall–Kier alpha value is 0.615. The summed E-state index contributed by atoms with van der Waals surface area (Å²) in [6.07, 6.45) is 0.197. The molecule has 5 heteroatoms. The molecule has 0 bridgehead atoms. The quantitative estimate of drug-likeness (QED) is 0.472. The predicted octanol–water partition coefficient (Wildman–Crippen LogP) is -2.58. The molecule has 1 heterocycles. The number of hydrogen-bond donors (Lipinski definition) is 0. The minimum Gasteiger partial charge on any atom is -0.596 e. The van der Waals surface area contributed by atoms with E-state index in [0.29, 0.717) is 0 Å². The Balaban J connectivity index is 0.00000121. The molecule has 0 saturated carbocycles. The Labute approximate surface area is 119 Å². The van der Waals surface area contributed by atoms with Crippen molar-refractivity contribution in [3.05, 3.63) is 5.32 Å². The summed E-state index contributed by atoms with van der Waals surface area (Å²) in [6.45, 7) is 1.39. The second kappa shape index (κ2) is 5.37. The third-order valence-corrected chi connectivity index (χ3v) is 1.67. The summed E-state index contributed by atoms with van der Waals surface area (Å²) in [5, 5.41) is 3.19. The molecule has 0 atom stereocenters. The maximum absolute atomic E-state index is 10.7. The van der Waals surface area contributed by atoms with Gasteiger partial charge in [0.1, 0.15) is 5.78 Å². The smallest absolute Gasteiger partial charge is 0.596 e. The number of imide groups is 1. The molecule has 4 nitrogen and oxygen atoms in total. The largest absolute Gasteiger partial charge is 1.00 e. The Morgan fingerprint density at radius 3 is 2.08 bits per heavy atom. The zero-order valence-corrected chi connectivity index (χ0v) is 12.1. The maximum atomic E-state index is 10.7. The van der Waals surface area contributed by atoms with Gasteiger partial charge in [0, 0.05) is 5.92 Å². The summed E-state index contributed by atoms with van der Waals surface area (Å²) in [5.74, 6) is -1.47. The molecular formula is C7H8NO3Rb.